The van der Waals surface area contributed by atoms with Crippen LogP contribution in [-0.2, 0) is 0 Å². The number of benzene rings is 3. The fourth-order valence-corrected chi connectivity index (χ4v) is 2.71. The third-order valence-electron chi connectivity index (χ3n) is 3.05. The van der Waals surface area contributed by atoms with Crippen LogP contribution >= 0.6 is 45.2 Å². The molecule has 6 heteroatoms. The summed E-state index contributed by atoms with van der Waals surface area (Å²) in [4.78, 5) is 0. The second kappa shape index (κ2) is 9.92. The molecule has 0 bridgehead atoms. The van der Waals surface area contributed by atoms with Crippen molar-refractivity contribution < 1.29 is 17.6 Å². The van der Waals surface area contributed by atoms with E-state index >= 15 is 0 Å². The van der Waals surface area contributed by atoms with Gasteiger partial charge in [-0.15, -0.1) is 0 Å². The van der Waals surface area contributed by atoms with Gasteiger partial charge in [-0.25, -0.2) is 17.6 Å². The Bertz CT molecular complexity index is 798. The molecule has 0 radical (unpaired) electrons. The van der Waals surface area contributed by atoms with Gasteiger partial charge in [0.2, 0.25) is 0 Å². The monoisotopic (exact) mass is 580 g/mol. The van der Waals surface area contributed by atoms with Crippen LogP contribution in [0.4, 0.5) is 17.6 Å². The van der Waals surface area contributed by atoms with Gasteiger partial charge in [0.05, 0.1) is 7.14 Å². The van der Waals surface area contributed by atoms with E-state index in [4.69, 9.17) is 0 Å². The van der Waals surface area contributed by atoms with Gasteiger partial charge in [0.15, 0.2) is 23.3 Å². The summed E-state index contributed by atoms with van der Waals surface area (Å²) in [5.41, 5.74) is 2.10. The first kappa shape index (κ1) is 20.7. The molecule has 3 aromatic carbocycles. The average Bonchev–Trinajstić information content (AvgIpc) is 2.70. The van der Waals surface area contributed by atoms with Crippen LogP contribution in [0.3, 0.4) is 0 Å². The third-order valence-corrected chi connectivity index (χ3v) is 4.95. The number of hydrogen-bond donors (Lipinski definition) is 0. The molecular weight excluding hydrogens is 570 g/mol. The second-order valence-corrected chi connectivity index (χ2v) is 7.02. The van der Waals surface area contributed by atoms with Crippen molar-refractivity contribution in [2.75, 3.05) is 0 Å². The van der Waals surface area contributed by atoms with Crippen molar-refractivity contribution in [3.8, 4) is 11.8 Å². The smallest absolute Gasteiger partial charge is 0.176 e. The molecule has 0 nitrogen and oxygen atoms in total. The van der Waals surface area contributed by atoms with Crippen molar-refractivity contribution in [2.24, 2.45) is 0 Å². The van der Waals surface area contributed by atoms with Crippen LogP contribution < -0.4 is 0 Å². The molecule has 0 unspecified atom stereocenters. The molecule has 0 aromatic heterocycles. The minimum atomic E-state index is -1.35. The Morgan fingerprint density at radius 1 is 0.500 bits per heavy atom. The van der Waals surface area contributed by atoms with Crippen molar-refractivity contribution in [3.63, 3.8) is 0 Å². The lowest BCUT2D eigenvalue weighted by Crippen LogP contribution is -2.02. The number of hydrogen-bond acceptors (Lipinski definition) is 0. The maximum absolute atomic E-state index is 12.6. The van der Waals surface area contributed by atoms with E-state index in [2.05, 4.69) is 11.8 Å². The third kappa shape index (κ3) is 5.45. The van der Waals surface area contributed by atoms with Crippen LogP contribution in [0.1, 0.15) is 11.1 Å². The number of rotatable bonds is 0. The maximum atomic E-state index is 12.6. The Morgan fingerprint density at radius 2 is 0.769 bits per heavy atom. The molecule has 0 fully saturated rings. The Labute approximate surface area is 175 Å². The van der Waals surface area contributed by atoms with Crippen LogP contribution in [0.25, 0.3) is 0 Å². The molecule has 0 atom stereocenters. The summed E-state index contributed by atoms with van der Waals surface area (Å²) in [6.45, 7) is 0. The quantitative estimate of drug-likeness (QED) is 0.0933. The Hall–Kier alpha value is -1.60. The summed E-state index contributed by atoms with van der Waals surface area (Å²) in [5.74, 6) is 0.829. The van der Waals surface area contributed by atoms with Crippen molar-refractivity contribution in [3.05, 3.63) is 102 Å². The van der Waals surface area contributed by atoms with Crippen molar-refractivity contribution in [1.29, 1.82) is 0 Å². The van der Waals surface area contributed by atoms with E-state index in [9.17, 15) is 17.6 Å². The fourth-order valence-electron chi connectivity index (χ4n) is 1.77. The zero-order valence-corrected chi connectivity index (χ0v) is 17.4. The molecule has 3 rings (SSSR count). The van der Waals surface area contributed by atoms with Crippen LogP contribution in [0.5, 0.6) is 0 Å². The van der Waals surface area contributed by atoms with Crippen molar-refractivity contribution in [2.45, 2.75) is 0 Å². The zero-order valence-electron chi connectivity index (χ0n) is 13.0. The standard InChI is InChI=1S/C14H10.C6F4I2/c1-3-7-13(8-4-1)11-12-14-9-5-2-6-10-14;7-1-2(8)6(12)4(10)3(9)5(1)11/h1-10H;. The molecule has 3 aromatic rings. The molecule has 0 saturated heterocycles. The Balaban J connectivity index is 0.000000190. The normalized spacial score (nSPS) is 9.62. The second-order valence-electron chi connectivity index (χ2n) is 4.87. The highest BCUT2D eigenvalue weighted by Crippen LogP contribution is 2.25. The van der Waals surface area contributed by atoms with Crippen LogP contribution in [0.15, 0.2) is 60.7 Å². The molecule has 0 aliphatic carbocycles. The van der Waals surface area contributed by atoms with Crippen molar-refractivity contribution in [1.82, 2.24) is 0 Å². The van der Waals surface area contributed by atoms with Crippen LogP contribution in [-0.4, -0.2) is 0 Å². The van der Waals surface area contributed by atoms with Gasteiger partial charge in [-0.05, 0) is 69.4 Å². The summed E-state index contributed by atoms with van der Waals surface area (Å²) < 4.78 is 49.2. The summed E-state index contributed by atoms with van der Waals surface area (Å²) in [7, 11) is 0. The summed E-state index contributed by atoms with van der Waals surface area (Å²) in [6, 6.07) is 20.0. The lowest BCUT2D eigenvalue weighted by atomic mass is 10.2. The first-order valence-electron chi connectivity index (χ1n) is 7.21. The van der Waals surface area contributed by atoms with Crippen molar-refractivity contribution >= 4 is 45.2 Å². The topological polar surface area (TPSA) is 0 Å². The van der Waals surface area contributed by atoms with E-state index in [-0.39, 0.29) is 0 Å². The van der Waals surface area contributed by atoms with Gasteiger partial charge in [0.1, 0.15) is 0 Å². The van der Waals surface area contributed by atoms with E-state index in [0.29, 0.717) is 0 Å². The summed E-state index contributed by atoms with van der Waals surface area (Å²) in [5, 5.41) is 0. The van der Waals surface area contributed by atoms with E-state index in [1.165, 1.54) is 45.2 Å². The number of halogens is 6. The van der Waals surface area contributed by atoms with Gasteiger partial charge in [-0.3, -0.25) is 0 Å². The predicted molar refractivity (Wildman–Crippen MR) is 111 cm³/mol. The average molecular weight is 580 g/mol. The first-order chi connectivity index (χ1) is 12.4. The minimum absolute atomic E-state index is 0.664. The minimum Gasteiger partial charge on any atom is -0.202 e. The molecule has 132 valence electrons. The fraction of sp³-hybridized carbons (Fsp3) is 0. The maximum Gasteiger partial charge on any atom is 0.176 e. The molecular formula is C20H10F4I2. The molecule has 0 amide bonds. The molecule has 0 aliphatic heterocycles. The highest BCUT2D eigenvalue weighted by Gasteiger charge is 2.21. The highest BCUT2D eigenvalue weighted by atomic mass is 127. The molecule has 0 saturated carbocycles. The Kier molecular flexibility index (Phi) is 7.90. The SMILES string of the molecule is C(#Cc1ccccc1)c1ccccc1.Fc1c(F)c(I)c(F)c(F)c1I. The first-order valence-corrected chi connectivity index (χ1v) is 9.36. The molecule has 0 aliphatic rings. The molecule has 0 spiro atoms. The van der Waals surface area contributed by atoms with E-state index in [0.717, 1.165) is 11.1 Å². The van der Waals surface area contributed by atoms with E-state index < -0.39 is 30.4 Å². The molecule has 0 heterocycles. The summed E-state index contributed by atoms with van der Waals surface area (Å²) in [6.07, 6.45) is 0. The lowest BCUT2D eigenvalue weighted by Gasteiger charge is -2.02. The van der Waals surface area contributed by atoms with Gasteiger partial charge in [0, 0.05) is 11.1 Å². The van der Waals surface area contributed by atoms with Gasteiger partial charge in [0.25, 0.3) is 0 Å². The van der Waals surface area contributed by atoms with Gasteiger partial charge >= 0.3 is 0 Å². The van der Waals surface area contributed by atoms with Gasteiger partial charge < -0.3 is 0 Å². The van der Waals surface area contributed by atoms with Gasteiger partial charge in [-0.2, -0.15) is 0 Å². The van der Waals surface area contributed by atoms with E-state index in [1.54, 1.807) is 0 Å². The Morgan fingerprint density at radius 3 is 1.04 bits per heavy atom. The zero-order chi connectivity index (χ0) is 19.1. The summed E-state index contributed by atoms with van der Waals surface area (Å²) >= 11 is 2.41. The largest absolute Gasteiger partial charge is 0.202 e. The van der Waals surface area contributed by atoms with E-state index in [1.807, 2.05) is 60.7 Å². The lowest BCUT2D eigenvalue weighted by molar-refractivity contribution is 0.437. The predicted octanol–water partition coefficient (Wildman–Crippen LogP) is 6.54. The molecule has 0 N–H and O–H groups in total. The van der Waals surface area contributed by atoms with Crippen LogP contribution in [0, 0.1) is 42.3 Å². The van der Waals surface area contributed by atoms with Gasteiger partial charge in [-0.1, -0.05) is 48.2 Å². The van der Waals surface area contributed by atoms with Crippen LogP contribution in [0.2, 0.25) is 0 Å². The highest BCUT2D eigenvalue weighted by molar-refractivity contribution is 14.1. The molecule has 26 heavy (non-hydrogen) atoms.